The van der Waals surface area contributed by atoms with E-state index in [1.54, 1.807) is 62.6 Å². The molecule has 0 fully saturated rings. The highest BCUT2D eigenvalue weighted by Gasteiger charge is 2.09. The minimum absolute atomic E-state index is 0.0675. The molecule has 2 aromatic carbocycles. The van der Waals surface area contributed by atoms with Crippen LogP contribution < -0.4 is 10.6 Å². The number of nitrogens with one attached hydrogen (secondary N) is 2. The van der Waals surface area contributed by atoms with E-state index < -0.39 is 0 Å². The summed E-state index contributed by atoms with van der Waals surface area (Å²) < 4.78 is 5.07. The monoisotopic (exact) mass is 383 g/mol. The highest BCUT2D eigenvalue weighted by atomic mass is 16.5. The van der Waals surface area contributed by atoms with Gasteiger partial charge in [0.2, 0.25) is 5.91 Å². The predicted octanol–water partition coefficient (Wildman–Crippen LogP) is 3.01. The predicted molar refractivity (Wildman–Crippen MR) is 109 cm³/mol. The zero-order chi connectivity index (χ0) is 20.5. The highest BCUT2D eigenvalue weighted by Crippen LogP contribution is 2.12. The molecule has 0 atom stereocenters. The van der Waals surface area contributed by atoms with Crippen molar-refractivity contribution in [3.63, 3.8) is 0 Å². The molecule has 0 aliphatic carbocycles. The van der Waals surface area contributed by atoms with Crippen LogP contribution in [0.2, 0.25) is 0 Å². The first-order valence-electron chi connectivity index (χ1n) is 9.03. The lowest BCUT2D eigenvalue weighted by Crippen LogP contribution is -2.23. The van der Waals surface area contributed by atoms with Crippen molar-refractivity contribution in [2.24, 2.45) is 0 Å². The van der Waals surface area contributed by atoms with Crippen LogP contribution in [-0.4, -0.2) is 49.9 Å². The number of benzene rings is 2. The number of hydrogen-bond acceptors (Lipinski definition) is 5. The van der Waals surface area contributed by atoms with Gasteiger partial charge in [-0.15, -0.1) is 0 Å². The molecule has 0 bridgehead atoms. The third kappa shape index (κ3) is 6.12. The first kappa shape index (κ1) is 21.0. The Balaban J connectivity index is 1.83. The summed E-state index contributed by atoms with van der Waals surface area (Å²) in [5, 5.41) is 5.75. The van der Waals surface area contributed by atoms with E-state index in [1.807, 2.05) is 6.92 Å². The summed E-state index contributed by atoms with van der Waals surface area (Å²) in [5.41, 5.74) is 2.35. The fraction of sp³-hybridized carbons (Fsp3) is 0.286. The molecule has 0 spiro atoms. The molecule has 7 heteroatoms. The third-order valence-corrected chi connectivity index (χ3v) is 3.83. The molecule has 28 heavy (non-hydrogen) atoms. The second kappa shape index (κ2) is 10.1. The molecule has 0 aliphatic heterocycles. The van der Waals surface area contributed by atoms with Crippen molar-refractivity contribution in [1.29, 1.82) is 0 Å². The minimum Gasteiger partial charge on any atom is -0.462 e. The van der Waals surface area contributed by atoms with E-state index >= 15 is 0 Å². The van der Waals surface area contributed by atoms with E-state index in [0.29, 0.717) is 29.1 Å². The average Bonchev–Trinajstić information content (AvgIpc) is 2.70. The van der Waals surface area contributed by atoms with Gasteiger partial charge in [-0.1, -0.05) is 6.92 Å². The Labute approximate surface area is 164 Å². The Morgan fingerprint density at radius 1 is 0.893 bits per heavy atom. The first-order valence-corrected chi connectivity index (χ1v) is 9.03. The van der Waals surface area contributed by atoms with Gasteiger partial charge in [0.25, 0.3) is 5.91 Å². The van der Waals surface area contributed by atoms with Crippen LogP contribution in [-0.2, 0) is 9.53 Å². The summed E-state index contributed by atoms with van der Waals surface area (Å²) in [5.74, 6) is -0.679. The Morgan fingerprint density at radius 3 is 2.04 bits per heavy atom. The van der Waals surface area contributed by atoms with Gasteiger partial charge in [0.15, 0.2) is 0 Å². The van der Waals surface area contributed by atoms with Gasteiger partial charge in [-0.3, -0.25) is 9.59 Å². The molecule has 2 amide bonds. The maximum absolute atomic E-state index is 12.1. The van der Waals surface area contributed by atoms with Crippen LogP contribution in [0.3, 0.4) is 0 Å². The summed E-state index contributed by atoms with van der Waals surface area (Å²) in [7, 11) is 3.37. The van der Waals surface area contributed by atoms with Crippen molar-refractivity contribution in [3.05, 3.63) is 59.7 Å². The van der Waals surface area contributed by atoms with Crippen molar-refractivity contribution < 1.29 is 19.1 Å². The van der Waals surface area contributed by atoms with Crippen molar-refractivity contribution in [3.8, 4) is 0 Å². The van der Waals surface area contributed by atoms with Gasteiger partial charge < -0.3 is 20.3 Å². The molecule has 0 heterocycles. The number of carbonyl (C=O) groups is 3. The summed E-state index contributed by atoms with van der Waals surface area (Å²) in [6.07, 6.45) is 0.773. The van der Waals surface area contributed by atoms with E-state index in [9.17, 15) is 14.4 Å². The number of carbonyl (C=O) groups excluding carboxylic acids is 3. The molecule has 0 radical (unpaired) electrons. The first-order chi connectivity index (χ1) is 13.4. The molecule has 0 saturated heterocycles. The van der Waals surface area contributed by atoms with Crippen LogP contribution in [0.1, 0.15) is 34.1 Å². The van der Waals surface area contributed by atoms with Crippen LogP contribution in [0, 0.1) is 0 Å². The summed E-state index contributed by atoms with van der Waals surface area (Å²) in [6, 6.07) is 13.5. The van der Waals surface area contributed by atoms with Crippen LogP contribution in [0.25, 0.3) is 0 Å². The topological polar surface area (TPSA) is 87.7 Å². The molecule has 7 nitrogen and oxygen atoms in total. The van der Waals surface area contributed by atoms with Gasteiger partial charge in [-0.2, -0.15) is 0 Å². The average molecular weight is 383 g/mol. The second-order valence-electron chi connectivity index (χ2n) is 6.39. The summed E-state index contributed by atoms with van der Waals surface area (Å²) >= 11 is 0. The van der Waals surface area contributed by atoms with Crippen molar-refractivity contribution >= 4 is 29.2 Å². The molecule has 2 N–H and O–H groups in total. The lowest BCUT2D eigenvalue weighted by molar-refractivity contribution is -0.114. The second-order valence-corrected chi connectivity index (χ2v) is 6.39. The van der Waals surface area contributed by atoms with Crippen LogP contribution in [0.4, 0.5) is 11.4 Å². The zero-order valence-electron chi connectivity index (χ0n) is 16.3. The van der Waals surface area contributed by atoms with E-state index in [4.69, 9.17) is 4.74 Å². The Bertz CT molecular complexity index is 815. The fourth-order valence-corrected chi connectivity index (χ4v) is 2.34. The molecule has 0 saturated carbocycles. The van der Waals surface area contributed by atoms with Gasteiger partial charge in [-0.05, 0) is 55.0 Å². The van der Waals surface area contributed by atoms with E-state index in [-0.39, 0.29) is 24.3 Å². The van der Waals surface area contributed by atoms with Gasteiger partial charge in [-0.25, -0.2) is 4.79 Å². The number of nitrogens with zero attached hydrogens (tertiary/aromatic N) is 1. The van der Waals surface area contributed by atoms with Crippen LogP contribution in [0.5, 0.6) is 0 Å². The van der Waals surface area contributed by atoms with Crippen molar-refractivity contribution in [2.45, 2.75) is 13.3 Å². The largest absolute Gasteiger partial charge is 0.462 e. The number of hydrogen-bond donors (Lipinski definition) is 2. The zero-order valence-corrected chi connectivity index (χ0v) is 16.3. The van der Waals surface area contributed by atoms with E-state index in [0.717, 1.165) is 6.42 Å². The molecular formula is C21H25N3O4. The highest BCUT2D eigenvalue weighted by molar-refractivity contribution is 5.96. The van der Waals surface area contributed by atoms with Gasteiger partial charge in [0.1, 0.15) is 0 Å². The summed E-state index contributed by atoms with van der Waals surface area (Å²) in [4.78, 5) is 37.2. The maximum Gasteiger partial charge on any atom is 0.338 e. The van der Waals surface area contributed by atoms with Crippen molar-refractivity contribution in [1.82, 2.24) is 4.90 Å². The molecule has 2 rings (SSSR count). The number of anilines is 2. The van der Waals surface area contributed by atoms with E-state index in [2.05, 4.69) is 10.6 Å². The number of esters is 1. The minimum atomic E-state index is -0.359. The van der Waals surface area contributed by atoms with Gasteiger partial charge >= 0.3 is 5.97 Å². The Morgan fingerprint density at radius 2 is 1.46 bits per heavy atom. The Kier molecular flexibility index (Phi) is 7.56. The lowest BCUT2D eigenvalue weighted by atomic mass is 10.2. The number of rotatable bonds is 8. The summed E-state index contributed by atoms with van der Waals surface area (Å²) in [6.45, 7) is 2.39. The SMILES string of the molecule is CCCOC(=O)c1ccc(NCC(=O)Nc2ccc(C(=O)N(C)C)cc2)cc1. The lowest BCUT2D eigenvalue weighted by Gasteiger charge is -2.11. The molecule has 0 aliphatic rings. The third-order valence-electron chi connectivity index (χ3n) is 3.83. The van der Waals surface area contributed by atoms with Crippen molar-refractivity contribution in [2.75, 3.05) is 37.9 Å². The van der Waals surface area contributed by atoms with Gasteiger partial charge in [0.05, 0.1) is 18.7 Å². The molecule has 2 aromatic rings. The fourth-order valence-electron chi connectivity index (χ4n) is 2.34. The smallest absolute Gasteiger partial charge is 0.338 e. The van der Waals surface area contributed by atoms with Crippen LogP contribution >= 0.6 is 0 Å². The maximum atomic E-state index is 12.1. The normalized spacial score (nSPS) is 10.1. The molecule has 0 unspecified atom stereocenters. The Hall–Kier alpha value is -3.35. The quantitative estimate of drug-likeness (QED) is 0.684. The molecular weight excluding hydrogens is 358 g/mol. The standard InChI is InChI=1S/C21H25N3O4/c1-4-13-28-21(27)16-7-9-17(10-8-16)22-14-19(25)23-18-11-5-15(6-12-18)20(26)24(2)3/h5-12,22H,4,13-14H2,1-3H3,(H,23,25). The van der Waals surface area contributed by atoms with Gasteiger partial charge in [0, 0.05) is 31.0 Å². The number of amides is 2. The van der Waals surface area contributed by atoms with Crippen LogP contribution in [0.15, 0.2) is 48.5 Å². The molecule has 0 aromatic heterocycles. The molecule has 148 valence electrons. The number of ether oxygens (including phenoxy) is 1. The van der Waals surface area contributed by atoms with E-state index in [1.165, 1.54) is 4.90 Å².